The molecule has 2 nitrogen and oxygen atoms in total. The van der Waals surface area contributed by atoms with Gasteiger partial charge in [0.1, 0.15) is 5.75 Å². The fraction of sp³-hybridized carbons (Fsp3) is 0.188. The first kappa shape index (κ1) is 14.9. The van der Waals surface area contributed by atoms with Crippen molar-refractivity contribution in [2.45, 2.75) is 12.8 Å². The van der Waals surface area contributed by atoms with E-state index >= 15 is 0 Å². The van der Waals surface area contributed by atoms with Gasteiger partial charge in [0.05, 0.1) is 17.2 Å². The van der Waals surface area contributed by atoms with E-state index in [0.717, 1.165) is 12.8 Å². The molecule has 2 aromatic carbocycles. The molecule has 4 heteroatoms. The van der Waals surface area contributed by atoms with Crippen LogP contribution >= 0.6 is 23.2 Å². The van der Waals surface area contributed by atoms with Crippen molar-refractivity contribution < 1.29 is 9.53 Å². The van der Waals surface area contributed by atoms with Gasteiger partial charge in [0.25, 0.3) is 0 Å². The fourth-order valence-corrected chi connectivity index (χ4v) is 2.48. The lowest BCUT2D eigenvalue weighted by atomic mass is 10.1. The Morgan fingerprint density at radius 1 is 1.10 bits per heavy atom. The van der Waals surface area contributed by atoms with Crippen LogP contribution in [0.3, 0.4) is 0 Å². The van der Waals surface area contributed by atoms with Crippen LogP contribution in [0.4, 0.5) is 0 Å². The highest BCUT2D eigenvalue weighted by Gasteiger charge is 2.10. The lowest BCUT2D eigenvalue weighted by Crippen LogP contribution is -2.02. The van der Waals surface area contributed by atoms with Gasteiger partial charge < -0.3 is 4.74 Å². The average molecular weight is 309 g/mol. The number of halogens is 2. The third kappa shape index (κ3) is 3.99. The van der Waals surface area contributed by atoms with E-state index < -0.39 is 0 Å². The van der Waals surface area contributed by atoms with Crippen LogP contribution in [-0.2, 0) is 6.42 Å². The number of carbonyl (C=O) groups excluding carboxylic acids is 1. The minimum absolute atomic E-state index is 0.360. The highest BCUT2D eigenvalue weighted by molar-refractivity contribution is 6.36. The van der Waals surface area contributed by atoms with Crippen LogP contribution in [0.1, 0.15) is 22.3 Å². The van der Waals surface area contributed by atoms with Crippen molar-refractivity contribution in [2.24, 2.45) is 0 Å². The Morgan fingerprint density at radius 3 is 2.55 bits per heavy atom. The van der Waals surface area contributed by atoms with Crippen molar-refractivity contribution in [3.8, 4) is 5.75 Å². The van der Waals surface area contributed by atoms with Gasteiger partial charge in [-0.1, -0.05) is 53.5 Å². The Bertz CT molecular complexity index is 583. The van der Waals surface area contributed by atoms with E-state index in [1.807, 2.05) is 18.2 Å². The minimum Gasteiger partial charge on any atom is -0.491 e. The fourth-order valence-electron chi connectivity index (χ4n) is 1.92. The summed E-state index contributed by atoms with van der Waals surface area (Å²) in [7, 11) is 0. The number of ether oxygens (including phenoxy) is 1. The lowest BCUT2D eigenvalue weighted by Gasteiger charge is -2.10. The van der Waals surface area contributed by atoms with E-state index in [9.17, 15) is 4.79 Å². The monoisotopic (exact) mass is 308 g/mol. The molecule has 0 saturated carbocycles. The van der Waals surface area contributed by atoms with Crippen LogP contribution in [0.2, 0.25) is 10.0 Å². The van der Waals surface area contributed by atoms with Gasteiger partial charge in [-0.05, 0) is 30.5 Å². The molecule has 0 aliphatic heterocycles. The molecule has 104 valence electrons. The Hall–Kier alpha value is -1.51. The number of aryl methyl sites for hydroxylation is 1. The SMILES string of the molecule is O=Cc1cc(Cl)cc(Cl)c1OCCCc1ccccc1. The predicted molar refractivity (Wildman–Crippen MR) is 82.1 cm³/mol. The maximum Gasteiger partial charge on any atom is 0.153 e. The van der Waals surface area contributed by atoms with E-state index in [2.05, 4.69) is 12.1 Å². The molecule has 0 aromatic heterocycles. The standard InChI is InChI=1S/C16H14Cl2O2/c17-14-9-13(11-19)16(15(18)10-14)20-8-4-7-12-5-2-1-3-6-12/h1-3,5-6,9-11H,4,7-8H2. The van der Waals surface area contributed by atoms with E-state index in [4.69, 9.17) is 27.9 Å². The normalized spacial score (nSPS) is 10.3. The van der Waals surface area contributed by atoms with E-state index in [1.54, 1.807) is 12.1 Å². The lowest BCUT2D eigenvalue weighted by molar-refractivity contribution is 0.111. The Labute approximate surface area is 128 Å². The molecule has 0 aliphatic rings. The molecule has 0 atom stereocenters. The predicted octanol–water partition coefficient (Wildman–Crippen LogP) is 4.82. The topological polar surface area (TPSA) is 26.3 Å². The summed E-state index contributed by atoms with van der Waals surface area (Å²) in [5, 5.41) is 0.785. The zero-order chi connectivity index (χ0) is 14.4. The molecule has 0 N–H and O–H groups in total. The highest BCUT2D eigenvalue weighted by atomic mass is 35.5. The first-order valence-corrected chi connectivity index (χ1v) is 7.07. The first-order valence-electron chi connectivity index (χ1n) is 6.31. The Kier molecular flexibility index (Phi) is 5.45. The summed E-state index contributed by atoms with van der Waals surface area (Å²) in [6.07, 6.45) is 2.47. The number of rotatable bonds is 6. The molecule has 0 heterocycles. The van der Waals surface area contributed by atoms with E-state index in [1.165, 1.54) is 5.56 Å². The van der Waals surface area contributed by atoms with Crippen LogP contribution < -0.4 is 4.74 Å². The van der Waals surface area contributed by atoms with Crippen LogP contribution in [0.5, 0.6) is 5.75 Å². The molecule has 2 rings (SSSR count). The molecule has 0 spiro atoms. The second kappa shape index (κ2) is 7.32. The van der Waals surface area contributed by atoms with Crippen molar-refractivity contribution in [1.82, 2.24) is 0 Å². The van der Waals surface area contributed by atoms with Gasteiger partial charge >= 0.3 is 0 Å². The van der Waals surface area contributed by atoms with Crippen molar-refractivity contribution in [3.05, 3.63) is 63.6 Å². The molecule has 0 bridgehead atoms. The summed E-state index contributed by atoms with van der Waals surface area (Å²) in [5.41, 5.74) is 1.64. The molecule has 0 amide bonds. The maximum atomic E-state index is 11.0. The molecule has 0 unspecified atom stereocenters. The molecule has 2 aromatic rings. The first-order chi connectivity index (χ1) is 9.70. The Balaban J connectivity index is 1.93. The van der Waals surface area contributed by atoms with Crippen LogP contribution in [-0.4, -0.2) is 12.9 Å². The van der Waals surface area contributed by atoms with Crippen molar-refractivity contribution in [3.63, 3.8) is 0 Å². The zero-order valence-electron chi connectivity index (χ0n) is 10.8. The van der Waals surface area contributed by atoms with Gasteiger partial charge in [0.2, 0.25) is 0 Å². The summed E-state index contributed by atoms with van der Waals surface area (Å²) in [6, 6.07) is 13.3. The van der Waals surface area contributed by atoms with Gasteiger partial charge in [-0.3, -0.25) is 4.79 Å². The zero-order valence-corrected chi connectivity index (χ0v) is 12.3. The maximum absolute atomic E-state index is 11.0. The molecule has 0 aliphatic carbocycles. The van der Waals surface area contributed by atoms with Crippen LogP contribution in [0.25, 0.3) is 0 Å². The summed E-state index contributed by atoms with van der Waals surface area (Å²) in [4.78, 5) is 11.0. The van der Waals surface area contributed by atoms with E-state index in [-0.39, 0.29) is 0 Å². The molecule has 0 radical (unpaired) electrons. The van der Waals surface area contributed by atoms with Crippen LogP contribution in [0.15, 0.2) is 42.5 Å². The largest absolute Gasteiger partial charge is 0.491 e. The van der Waals surface area contributed by atoms with Crippen molar-refractivity contribution in [2.75, 3.05) is 6.61 Å². The molecular weight excluding hydrogens is 295 g/mol. The van der Waals surface area contributed by atoms with Crippen molar-refractivity contribution in [1.29, 1.82) is 0 Å². The molecular formula is C16H14Cl2O2. The summed E-state index contributed by atoms with van der Waals surface area (Å²) in [5.74, 6) is 0.402. The highest BCUT2D eigenvalue weighted by Crippen LogP contribution is 2.31. The number of aldehydes is 1. The quantitative estimate of drug-likeness (QED) is 0.565. The van der Waals surface area contributed by atoms with Gasteiger partial charge in [-0.15, -0.1) is 0 Å². The van der Waals surface area contributed by atoms with Gasteiger partial charge in [-0.2, -0.15) is 0 Å². The number of benzene rings is 2. The number of hydrogen-bond donors (Lipinski definition) is 0. The number of hydrogen-bond acceptors (Lipinski definition) is 2. The molecule has 0 fully saturated rings. The van der Waals surface area contributed by atoms with Crippen molar-refractivity contribution >= 4 is 29.5 Å². The third-order valence-corrected chi connectivity index (χ3v) is 3.36. The van der Waals surface area contributed by atoms with Gasteiger partial charge in [0.15, 0.2) is 6.29 Å². The summed E-state index contributed by atoms with van der Waals surface area (Å²) >= 11 is 11.9. The van der Waals surface area contributed by atoms with Gasteiger partial charge in [0, 0.05) is 5.02 Å². The summed E-state index contributed by atoms with van der Waals surface area (Å²) in [6.45, 7) is 0.497. The second-order valence-corrected chi connectivity index (χ2v) is 5.21. The number of carbonyl (C=O) groups is 1. The molecule has 20 heavy (non-hydrogen) atoms. The average Bonchev–Trinajstić information content (AvgIpc) is 2.45. The van der Waals surface area contributed by atoms with E-state index in [0.29, 0.717) is 34.3 Å². The smallest absolute Gasteiger partial charge is 0.153 e. The molecule has 0 saturated heterocycles. The second-order valence-electron chi connectivity index (χ2n) is 4.36. The third-order valence-electron chi connectivity index (χ3n) is 2.86. The summed E-state index contributed by atoms with van der Waals surface area (Å²) < 4.78 is 5.61. The van der Waals surface area contributed by atoms with Crippen LogP contribution in [0, 0.1) is 0 Å². The minimum atomic E-state index is 0.360. The Morgan fingerprint density at radius 2 is 1.85 bits per heavy atom. The van der Waals surface area contributed by atoms with Gasteiger partial charge in [-0.25, -0.2) is 0 Å².